The molecule has 0 atom stereocenters. The minimum absolute atomic E-state index is 0.176. The van der Waals surface area contributed by atoms with Crippen molar-refractivity contribution in [1.82, 2.24) is 20.0 Å². The molecule has 4 rings (SSSR count). The smallest absolute Gasteiger partial charge is 0.328 e. The highest BCUT2D eigenvalue weighted by atomic mass is 16.5. The second-order valence-electron chi connectivity index (χ2n) is 9.74. The van der Waals surface area contributed by atoms with Gasteiger partial charge in [0.1, 0.15) is 5.52 Å². The number of hydrogen-bond donors (Lipinski definition) is 4. The van der Waals surface area contributed by atoms with Crippen LogP contribution in [0.2, 0.25) is 0 Å². The second-order valence-corrected chi connectivity index (χ2v) is 9.74. The van der Waals surface area contributed by atoms with E-state index in [4.69, 9.17) is 14.9 Å². The lowest BCUT2D eigenvalue weighted by Gasteiger charge is -2.42. The van der Waals surface area contributed by atoms with Gasteiger partial charge in [0.15, 0.2) is 0 Å². The van der Waals surface area contributed by atoms with E-state index in [1.807, 2.05) is 23.0 Å². The maximum absolute atomic E-state index is 12.8. The van der Waals surface area contributed by atoms with Crippen molar-refractivity contribution in [2.24, 2.45) is 0 Å². The summed E-state index contributed by atoms with van der Waals surface area (Å²) in [6, 6.07) is 6.45. The Hall–Kier alpha value is -3.28. The Kier molecular flexibility index (Phi) is 9.79. The fourth-order valence-electron chi connectivity index (χ4n) is 4.53. The van der Waals surface area contributed by atoms with Crippen LogP contribution >= 0.6 is 0 Å². The molecule has 0 unspecified atom stereocenters. The van der Waals surface area contributed by atoms with E-state index in [1.165, 1.54) is 0 Å². The zero-order valence-electron chi connectivity index (χ0n) is 21.3. The Morgan fingerprint density at radius 1 is 1.14 bits per heavy atom. The lowest BCUT2D eigenvalue weighted by atomic mass is 9.89. The molecule has 11 nitrogen and oxygen atoms in total. The molecule has 2 aromatic rings. The molecule has 2 aliphatic heterocycles. The Bertz CT molecular complexity index is 1100. The summed E-state index contributed by atoms with van der Waals surface area (Å²) in [6.07, 6.45) is 6.58. The van der Waals surface area contributed by atoms with E-state index in [0.29, 0.717) is 42.1 Å². The van der Waals surface area contributed by atoms with Crippen LogP contribution in [0.1, 0.15) is 55.9 Å². The first-order valence-electron chi connectivity index (χ1n) is 12.5. The largest absolute Gasteiger partial charge is 0.478 e. The Labute approximate surface area is 215 Å². The van der Waals surface area contributed by atoms with E-state index in [1.54, 1.807) is 6.07 Å². The Morgan fingerprint density at radius 2 is 1.76 bits per heavy atom. The van der Waals surface area contributed by atoms with Crippen LogP contribution in [-0.4, -0.2) is 92.3 Å². The van der Waals surface area contributed by atoms with Gasteiger partial charge in [-0.1, -0.05) is 12.1 Å². The topological polar surface area (TPSA) is 154 Å². The van der Waals surface area contributed by atoms with Gasteiger partial charge in [-0.15, -0.1) is 0 Å². The zero-order chi connectivity index (χ0) is 27.0. The van der Waals surface area contributed by atoms with Crippen LogP contribution in [0.5, 0.6) is 0 Å². The Balaban J connectivity index is 0.000000414. The number of aromatic nitrogens is 2. The van der Waals surface area contributed by atoms with Crippen molar-refractivity contribution in [3.63, 3.8) is 0 Å². The number of carbonyl (C=O) groups excluding carboxylic acids is 1. The number of nitrogens with zero attached hydrogens (tertiary/aromatic N) is 3. The molecule has 0 radical (unpaired) electrons. The fourth-order valence-corrected chi connectivity index (χ4v) is 4.53. The molecule has 0 aliphatic carbocycles. The van der Waals surface area contributed by atoms with E-state index in [-0.39, 0.29) is 18.5 Å². The van der Waals surface area contributed by atoms with Gasteiger partial charge in [0.2, 0.25) is 0 Å². The molecule has 0 bridgehead atoms. The molecule has 3 heterocycles. The molecule has 1 aromatic heterocycles. The number of rotatable bonds is 7. The monoisotopic (exact) mass is 516 g/mol. The molecule has 202 valence electrons. The molecule has 2 fully saturated rings. The van der Waals surface area contributed by atoms with Gasteiger partial charge in [0.25, 0.3) is 5.91 Å². The number of fused-ring (bicyclic) bond motifs is 1. The minimum Gasteiger partial charge on any atom is -0.478 e. The van der Waals surface area contributed by atoms with Gasteiger partial charge >= 0.3 is 11.9 Å². The number of likely N-dealkylation sites (tertiary alicyclic amines) is 1. The predicted molar refractivity (Wildman–Crippen MR) is 136 cm³/mol. The first kappa shape index (κ1) is 28.3. The first-order chi connectivity index (χ1) is 17.6. The third-order valence-electron chi connectivity index (χ3n) is 6.71. The summed E-state index contributed by atoms with van der Waals surface area (Å²) in [5.41, 5.74) is 0.424. The van der Waals surface area contributed by atoms with Crippen LogP contribution in [0.15, 0.2) is 36.5 Å². The standard InChI is InChI=1S/C22H32N4O3.C4H4O4/c1-16(2)26-14-17-4-3-5-19(20(17)24-26)21(27)23-15-22(28)8-10-25(11-9-22)18-6-12-29-13-7-18;5-3(6)1-2-4(7)8/h3-5,14,16,18,28H,6-13,15H2,1-2H3,(H,23,27);1-2H,(H,5,6)(H,7,8)/b;2-1+. The molecule has 1 amide bonds. The fraction of sp³-hybridized carbons (Fsp3) is 0.538. The predicted octanol–water partition coefficient (Wildman–Crippen LogP) is 2.06. The van der Waals surface area contributed by atoms with Gasteiger partial charge in [-0.25, -0.2) is 9.59 Å². The van der Waals surface area contributed by atoms with E-state index in [0.717, 1.165) is 44.5 Å². The molecule has 11 heteroatoms. The lowest BCUT2D eigenvalue weighted by molar-refractivity contribution is -0.134. The van der Waals surface area contributed by atoms with Crippen molar-refractivity contribution in [3.8, 4) is 0 Å². The van der Waals surface area contributed by atoms with Crippen molar-refractivity contribution in [3.05, 3.63) is 42.1 Å². The summed E-state index contributed by atoms with van der Waals surface area (Å²) in [5, 5.41) is 35.1. The second kappa shape index (κ2) is 12.8. The summed E-state index contributed by atoms with van der Waals surface area (Å²) in [4.78, 5) is 34.4. The molecular weight excluding hydrogens is 480 g/mol. The number of aliphatic hydroxyl groups is 1. The molecule has 37 heavy (non-hydrogen) atoms. The van der Waals surface area contributed by atoms with Gasteiger partial charge in [0.05, 0.1) is 11.2 Å². The normalized spacial score (nSPS) is 18.5. The first-order valence-corrected chi connectivity index (χ1v) is 12.5. The third-order valence-corrected chi connectivity index (χ3v) is 6.71. The number of aliphatic carboxylic acids is 2. The van der Waals surface area contributed by atoms with Gasteiger partial charge in [-0.2, -0.15) is 5.10 Å². The minimum atomic E-state index is -1.26. The Morgan fingerprint density at radius 3 is 2.32 bits per heavy atom. The van der Waals surface area contributed by atoms with E-state index < -0.39 is 17.5 Å². The van der Waals surface area contributed by atoms with Crippen molar-refractivity contribution < 1.29 is 34.4 Å². The summed E-state index contributed by atoms with van der Waals surface area (Å²) >= 11 is 0. The van der Waals surface area contributed by atoms with E-state index in [2.05, 4.69) is 29.2 Å². The van der Waals surface area contributed by atoms with Gasteiger partial charge in [-0.3, -0.25) is 14.4 Å². The summed E-state index contributed by atoms with van der Waals surface area (Å²) < 4.78 is 7.33. The SMILES string of the molecule is CC(C)n1cc2cccc(C(=O)NCC3(O)CCN(C4CCOCC4)CC3)c2n1.O=C(O)/C=C/C(=O)O. The third kappa shape index (κ3) is 8.11. The average molecular weight is 517 g/mol. The van der Waals surface area contributed by atoms with Gasteiger partial charge in [-0.05, 0) is 45.6 Å². The highest BCUT2D eigenvalue weighted by molar-refractivity contribution is 6.05. The number of hydrogen-bond acceptors (Lipinski definition) is 7. The number of piperidine rings is 1. The van der Waals surface area contributed by atoms with Crippen molar-refractivity contribution in [1.29, 1.82) is 0 Å². The molecule has 2 saturated heterocycles. The highest BCUT2D eigenvalue weighted by Crippen LogP contribution is 2.26. The highest BCUT2D eigenvalue weighted by Gasteiger charge is 2.35. The summed E-state index contributed by atoms with van der Waals surface area (Å²) in [7, 11) is 0. The maximum atomic E-state index is 12.8. The zero-order valence-corrected chi connectivity index (χ0v) is 21.3. The van der Waals surface area contributed by atoms with Crippen molar-refractivity contribution in [2.45, 2.75) is 57.2 Å². The number of nitrogens with one attached hydrogen (secondary N) is 1. The van der Waals surface area contributed by atoms with Crippen LogP contribution in [0, 0.1) is 0 Å². The van der Waals surface area contributed by atoms with Crippen LogP contribution in [-0.2, 0) is 14.3 Å². The molecule has 0 spiro atoms. The number of carboxylic acid groups (broad SMARTS) is 2. The number of amides is 1. The number of carboxylic acids is 2. The van der Waals surface area contributed by atoms with Crippen LogP contribution in [0.25, 0.3) is 10.9 Å². The summed E-state index contributed by atoms with van der Waals surface area (Å²) in [5.74, 6) is -2.69. The number of benzene rings is 1. The number of carbonyl (C=O) groups is 3. The maximum Gasteiger partial charge on any atom is 0.328 e. The van der Waals surface area contributed by atoms with Crippen molar-refractivity contribution >= 4 is 28.7 Å². The van der Waals surface area contributed by atoms with Crippen LogP contribution < -0.4 is 5.32 Å². The molecule has 4 N–H and O–H groups in total. The molecule has 1 aromatic carbocycles. The molecular formula is C26H36N4O7. The van der Waals surface area contributed by atoms with Crippen molar-refractivity contribution in [2.75, 3.05) is 32.8 Å². The lowest BCUT2D eigenvalue weighted by Crippen LogP contribution is -2.53. The van der Waals surface area contributed by atoms with Gasteiger partial charge < -0.3 is 25.4 Å². The van der Waals surface area contributed by atoms with Gasteiger partial charge in [0, 0.05) is 68.7 Å². The van der Waals surface area contributed by atoms with E-state index >= 15 is 0 Å². The van der Waals surface area contributed by atoms with Crippen LogP contribution in [0.3, 0.4) is 0 Å². The molecule has 2 aliphatic rings. The summed E-state index contributed by atoms with van der Waals surface area (Å²) in [6.45, 7) is 7.80. The molecule has 0 saturated carbocycles. The quantitative estimate of drug-likeness (QED) is 0.405. The number of ether oxygens (including phenoxy) is 1. The van der Waals surface area contributed by atoms with Crippen LogP contribution in [0.4, 0.5) is 0 Å². The average Bonchev–Trinajstić information content (AvgIpc) is 3.33. The van der Waals surface area contributed by atoms with E-state index in [9.17, 15) is 19.5 Å².